The number of allylic oxidation sites excluding steroid dienone is 1. The molecule has 1 aliphatic rings. The van der Waals surface area contributed by atoms with Crippen molar-refractivity contribution in [1.29, 1.82) is 0 Å². The van der Waals surface area contributed by atoms with Gasteiger partial charge in [0.1, 0.15) is 83.9 Å². The fraction of sp³-hybridized carbons (Fsp3) is 0.611. The number of nitrogens with one attached hydrogen (secondary N) is 13. The van der Waals surface area contributed by atoms with Crippen molar-refractivity contribution in [3.63, 3.8) is 0 Å². The number of thioether (sulfide) groups is 1. The molecule has 0 radical (unpaired) electrons. The van der Waals surface area contributed by atoms with Crippen molar-refractivity contribution in [2.45, 2.75) is 227 Å². The zero-order chi connectivity index (χ0) is 79.3. The predicted molar refractivity (Wildman–Crippen MR) is 397 cm³/mol. The standard InChI is InChI=1S/C72H114N16O16S/c1-17-40(13)56-69(102)88-57(41(14)89)70(103)85-55(39(11)12)67(100)84-54(38(9)10)66(99)83-52(36(5)6)65(98)80-49(33-43-24-20-19-21-25-43)63(96)82-51(35(3)4)64(97)76-46(18-2)59(92)77-47(28-23-30-75-72(73)74)60(93)79-50(34-44-26-22-27-45(91)32-44)62(95)78-48(29-31-105-16)61(94)81-53(37(7)8)68(101)87-58(42(15)90)71(104)86-56/h18-22,24-27,32,35-42,47-58,89-91H,17,23,28-31,33-34H2,1-16H3,(H,76,97)(H,77,92)(H,78,95)(H,79,93)(H,80,98)(H,81,94)(H,82,96)(H,83,99)(H,84,100)(H,85,103)(H,86,104)(H,87,101)(H,88,102)(H4,73,74,75)/b46-18-/t40-,41-,42+,47-,48-,49-,50-,51-,52-,53-,54-,55-,56-,57-,58-/m0/s1. The summed E-state index contributed by atoms with van der Waals surface area (Å²) < 4.78 is 0. The number of aliphatic imine (C=N–C) groups is 1. The maximum Gasteiger partial charge on any atom is 0.268 e. The van der Waals surface area contributed by atoms with E-state index in [0.717, 1.165) is 0 Å². The van der Waals surface area contributed by atoms with Crippen molar-refractivity contribution in [3.05, 3.63) is 77.5 Å². The van der Waals surface area contributed by atoms with Crippen LogP contribution in [-0.2, 0) is 75.2 Å². The SMILES string of the molecule is C/C=C1\NC(=O)[C@H](C(C)C)NC(=O)[C@H](Cc2ccccc2)NC(=O)[C@H](C(C)C)NC(=O)[C@H](C(C)C)NC(=O)[C@H](C(C)C)NC(=O)[C@H]([C@H](C)O)NC(=O)[C@H]([C@@H](C)CC)NC(=O)[C@H]([C@@H](C)O)NC(=O)[C@H](C(C)C)NC(=O)[C@H](CCSC)NC(=O)[C@H](Cc2cccc(O)c2)NC(=O)[C@H](CCCN=C(N)N)NC1=O. The fourth-order valence-corrected chi connectivity index (χ4v) is 11.6. The second kappa shape index (κ2) is 43.8. The van der Waals surface area contributed by atoms with Crippen molar-refractivity contribution in [3.8, 4) is 5.75 Å². The van der Waals surface area contributed by atoms with E-state index < -0.39 is 197 Å². The zero-order valence-electron chi connectivity index (χ0n) is 63.1. The first-order chi connectivity index (χ1) is 49.3. The Kier molecular flexibility index (Phi) is 37.5. The van der Waals surface area contributed by atoms with Gasteiger partial charge in [0.25, 0.3) is 5.91 Å². The molecule has 0 aromatic heterocycles. The molecule has 0 unspecified atom stereocenters. The summed E-state index contributed by atoms with van der Waals surface area (Å²) in [6.45, 7) is 23.1. The van der Waals surface area contributed by atoms with Gasteiger partial charge in [-0.1, -0.05) is 138 Å². The maximum atomic E-state index is 14.8. The average molecular weight is 1490 g/mol. The highest BCUT2D eigenvalue weighted by Crippen LogP contribution is 2.18. The number of aliphatic hydroxyl groups excluding tert-OH is 2. The molecule has 1 fully saturated rings. The molecular weight excluding hydrogens is 1380 g/mol. The number of benzene rings is 2. The number of guanidine groups is 1. The number of phenols is 1. The van der Waals surface area contributed by atoms with Crippen molar-refractivity contribution < 1.29 is 77.6 Å². The summed E-state index contributed by atoms with van der Waals surface area (Å²) in [5.41, 5.74) is 11.7. The average Bonchev–Trinajstić information content (AvgIpc) is 0.829. The molecule has 15 atom stereocenters. The molecule has 20 N–H and O–H groups in total. The lowest BCUT2D eigenvalue weighted by Gasteiger charge is -2.32. The summed E-state index contributed by atoms with van der Waals surface area (Å²) in [4.78, 5) is 193. The van der Waals surface area contributed by atoms with Gasteiger partial charge in [0.15, 0.2) is 5.96 Å². The van der Waals surface area contributed by atoms with Gasteiger partial charge in [-0.25, -0.2) is 0 Å². The first-order valence-electron chi connectivity index (χ1n) is 35.6. The van der Waals surface area contributed by atoms with Crippen LogP contribution in [0.4, 0.5) is 0 Å². The molecule has 33 heteroatoms. The predicted octanol–water partition coefficient (Wildman–Crippen LogP) is -1.08. The molecule has 584 valence electrons. The minimum absolute atomic E-state index is 0.0339. The number of aromatic hydroxyl groups is 1. The van der Waals surface area contributed by atoms with Gasteiger partial charge in [-0.2, -0.15) is 11.8 Å². The van der Waals surface area contributed by atoms with E-state index in [4.69, 9.17) is 11.5 Å². The van der Waals surface area contributed by atoms with Crippen LogP contribution < -0.4 is 80.6 Å². The van der Waals surface area contributed by atoms with Gasteiger partial charge in [0.05, 0.1) is 12.2 Å². The second-order valence-corrected chi connectivity index (χ2v) is 29.2. The Morgan fingerprint density at radius 2 is 0.800 bits per heavy atom. The lowest BCUT2D eigenvalue weighted by atomic mass is 9.96. The number of rotatable bonds is 20. The molecule has 1 saturated heterocycles. The van der Waals surface area contributed by atoms with E-state index in [0.29, 0.717) is 11.1 Å². The molecule has 32 nitrogen and oxygen atoms in total. The van der Waals surface area contributed by atoms with Crippen LogP contribution in [0.25, 0.3) is 0 Å². The normalized spacial score (nSPS) is 25.7. The number of carbonyl (C=O) groups is 13. The molecule has 13 amide bonds. The number of nitrogens with zero attached hydrogens (tertiary/aromatic N) is 1. The van der Waals surface area contributed by atoms with Crippen LogP contribution in [0.5, 0.6) is 5.75 Å². The summed E-state index contributed by atoms with van der Waals surface area (Å²) in [7, 11) is 0. The van der Waals surface area contributed by atoms with E-state index >= 15 is 0 Å². The number of hydrogen-bond donors (Lipinski definition) is 18. The smallest absolute Gasteiger partial charge is 0.268 e. The van der Waals surface area contributed by atoms with Gasteiger partial charge in [0, 0.05) is 19.4 Å². The molecule has 3 rings (SSSR count). The molecule has 1 aliphatic heterocycles. The van der Waals surface area contributed by atoms with Crippen LogP contribution in [-0.4, -0.2) is 201 Å². The first kappa shape index (κ1) is 89.8. The lowest BCUT2D eigenvalue weighted by Crippen LogP contribution is -2.64. The molecule has 0 bridgehead atoms. The highest BCUT2D eigenvalue weighted by molar-refractivity contribution is 7.98. The van der Waals surface area contributed by atoms with E-state index in [-0.39, 0.29) is 68.2 Å². The summed E-state index contributed by atoms with van der Waals surface area (Å²) in [5.74, 6) is -16.5. The van der Waals surface area contributed by atoms with Crippen LogP contribution in [0.1, 0.15) is 141 Å². The van der Waals surface area contributed by atoms with Crippen molar-refractivity contribution in [1.82, 2.24) is 69.1 Å². The Morgan fingerprint density at radius 1 is 0.448 bits per heavy atom. The summed E-state index contributed by atoms with van der Waals surface area (Å²) in [6, 6.07) is -3.70. The van der Waals surface area contributed by atoms with Gasteiger partial charge in [-0.05, 0) is 111 Å². The van der Waals surface area contributed by atoms with Crippen LogP contribution in [0.3, 0.4) is 0 Å². The van der Waals surface area contributed by atoms with Crippen molar-refractivity contribution in [2.75, 3.05) is 18.6 Å². The quantitative estimate of drug-likeness (QED) is 0.0325. The minimum Gasteiger partial charge on any atom is -0.508 e. The lowest BCUT2D eigenvalue weighted by molar-refractivity contribution is -0.139. The Labute approximate surface area is 619 Å². The summed E-state index contributed by atoms with van der Waals surface area (Å²) >= 11 is 1.31. The fourth-order valence-electron chi connectivity index (χ4n) is 11.1. The zero-order valence-corrected chi connectivity index (χ0v) is 64.0. The Hall–Kier alpha value is -9.37. The molecule has 2 aromatic carbocycles. The minimum atomic E-state index is -1.80. The molecule has 105 heavy (non-hydrogen) atoms. The van der Waals surface area contributed by atoms with E-state index in [1.165, 1.54) is 56.8 Å². The van der Waals surface area contributed by atoms with Crippen molar-refractivity contribution in [2.24, 2.45) is 52.0 Å². The summed E-state index contributed by atoms with van der Waals surface area (Å²) in [5, 5.41) is 66.9. The van der Waals surface area contributed by atoms with Crippen molar-refractivity contribution >= 4 is 94.5 Å². The maximum absolute atomic E-state index is 14.8. The van der Waals surface area contributed by atoms with Crippen LogP contribution >= 0.6 is 11.8 Å². The monoisotopic (exact) mass is 1490 g/mol. The molecule has 0 saturated carbocycles. The number of phenolic OH excluding ortho intramolecular Hbond substituents is 1. The van der Waals surface area contributed by atoms with Gasteiger partial charge in [-0.15, -0.1) is 0 Å². The molecule has 0 aliphatic carbocycles. The molecule has 0 spiro atoms. The highest BCUT2D eigenvalue weighted by atomic mass is 32.2. The third-order valence-electron chi connectivity index (χ3n) is 17.7. The van der Waals surface area contributed by atoms with E-state index in [1.807, 2.05) is 0 Å². The topological polar surface area (TPSA) is 503 Å². The van der Waals surface area contributed by atoms with Crippen LogP contribution in [0, 0.1) is 35.5 Å². The Balaban J connectivity index is 2.32. The number of carbonyl (C=O) groups excluding carboxylic acids is 13. The second-order valence-electron chi connectivity index (χ2n) is 28.2. The number of hydrogen-bond acceptors (Lipinski definition) is 18. The van der Waals surface area contributed by atoms with E-state index in [2.05, 4.69) is 74.1 Å². The third-order valence-corrected chi connectivity index (χ3v) is 18.3. The van der Waals surface area contributed by atoms with Gasteiger partial charge < -0.3 is 95.9 Å². The van der Waals surface area contributed by atoms with Gasteiger partial charge in [-0.3, -0.25) is 67.3 Å². The number of nitrogens with two attached hydrogens (primary N) is 2. The number of amides is 13. The first-order valence-corrected chi connectivity index (χ1v) is 37.0. The molecule has 2 aromatic rings. The van der Waals surface area contributed by atoms with E-state index in [9.17, 15) is 77.6 Å². The molecular formula is C72H114N16O16S. The van der Waals surface area contributed by atoms with E-state index in [1.54, 1.807) is 126 Å². The molecule has 1 heterocycles. The van der Waals surface area contributed by atoms with Gasteiger partial charge >= 0.3 is 0 Å². The van der Waals surface area contributed by atoms with Gasteiger partial charge in [0.2, 0.25) is 70.9 Å². The largest absolute Gasteiger partial charge is 0.508 e. The summed E-state index contributed by atoms with van der Waals surface area (Å²) in [6.07, 6.45) is -0.686. The Bertz CT molecular complexity index is 3370. The van der Waals surface area contributed by atoms with Crippen LogP contribution in [0.15, 0.2) is 71.4 Å². The highest BCUT2D eigenvalue weighted by Gasteiger charge is 2.41. The van der Waals surface area contributed by atoms with Crippen LogP contribution in [0.2, 0.25) is 0 Å². The Morgan fingerprint density at radius 3 is 1.23 bits per heavy atom. The number of aliphatic hydroxyl groups is 2. The third kappa shape index (κ3) is 28.9.